The van der Waals surface area contributed by atoms with Gasteiger partial charge in [-0.3, -0.25) is 9.59 Å². The second-order valence-electron chi connectivity index (χ2n) is 7.47. The van der Waals surface area contributed by atoms with E-state index >= 15 is 0 Å². The van der Waals surface area contributed by atoms with E-state index in [-0.39, 0.29) is 17.6 Å². The summed E-state index contributed by atoms with van der Waals surface area (Å²) in [4.78, 5) is 25.2. The molecule has 3 N–H and O–H groups in total. The van der Waals surface area contributed by atoms with Gasteiger partial charge in [0, 0.05) is 22.8 Å². The fraction of sp³-hybridized carbons (Fsp3) is 0.250. The second kappa shape index (κ2) is 12.4. The van der Waals surface area contributed by atoms with Gasteiger partial charge in [-0.1, -0.05) is 35.5 Å². The first-order chi connectivity index (χ1) is 16.9. The molecule has 0 radical (unpaired) electrons. The van der Waals surface area contributed by atoms with Crippen molar-refractivity contribution in [3.63, 3.8) is 0 Å². The smallest absolute Gasteiger partial charge is 0.251 e. The number of amides is 2. The van der Waals surface area contributed by atoms with Crippen LogP contribution in [0.4, 0.5) is 5.69 Å². The van der Waals surface area contributed by atoms with Crippen LogP contribution in [0.1, 0.15) is 27.8 Å². The van der Waals surface area contributed by atoms with Gasteiger partial charge in [0.2, 0.25) is 5.91 Å². The van der Waals surface area contributed by atoms with E-state index in [0.29, 0.717) is 39.5 Å². The number of halogens is 1. The summed E-state index contributed by atoms with van der Waals surface area (Å²) in [6.45, 7) is 5.57. The number of nitrogens with zero attached hydrogens (tertiary/aromatic N) is 3. The quantitative estimate of drug-likeness (QED) is 0.263. The van der Waals surface area contributed by atoms with Gasteiger partial charge in [-0.2, -0.15) is 0 Å². The maximum Gasteiger partial charge on any atom is 0.251 e. The number of carbonyl (C=O) groups is 2. The number of anilines is 1. The fourth-order valence-electron chi connectivity index (χ4n) is 3.19. The van der Waals surface area contributed by atoms with Crippen molar-refractivity contribution in [3.05, 3.63) is 77.1 Å². The molecule has 3 aromatic rings. The zero-order valence-electron chi connectivity index (χ0n) is 19.3. The van der Waals surface area contributed by atoms with Gasteiger partial charge < -0.3 is 25.0 Å². The highest BCUT2D eigenvalue weighted by Crippen LogP contribution is 2.23. The number of thioether (sulfide) groups is 1. The summed E-state index contributed by atoms with van der Waals surface area (Å²) < 4.78 is 6.81. The van der Waals surface area contributed by atoms with Crippen LogP contribution in [-0.2, 0) is 11.3 Å². The number of methoxy groups -OCH3 is 1. The van der Waals surface area contributed by atoms with Gasteiger partial charge in [-0.25, -0.2) is 0 Å². The van der Waals surface area contributed by atoms with Crippen molar-refractivity contribution in [2.75, 3.05) is 24.8 Å². The zero-order valence-corrected chi connectivity index (χ0v) is 20.9. The lowest BCUT2D eigenvalue weighted by Crippen LogP contribution is -2.33. The Hall–Kier alpha value is -3.34. The van der Waals surface area contributed by atoms with Crippen molar-refractivity contribution < 1.29 is 19.4 Å². The highest BCUT2D eigenvalue weighted by molar-refractivity contribution is 7.99. The van der Waals surface area contributed by atoms with Gasteiger partial charge in [0.1, 0.15) is 11.8 Å². The summed E-state index contributed by atoms with van der Waals surface area (Å²) in [5.74, 6) is 0.431. The molecule has 1 unspecified atom stereocenters. The number of aryl methyl sites for hydroxylation is 1. The number of ether oxygens (including phenoxy) is 1. The minimum atomic E-state index is -0.811. The van der Waals surface area contributed by atoms with Crippen molar-refractivity contribution in [2.45, 2.75) is 24.7 Å². The molecule has 2 aromatic carbocycles. The summed E-state index contributed by atoms with van der Waals surface area (Å²) in [5.41, 5.74) is 1.93. The first-order valence-corrected chi connectivity index (χ1v) is 12.0. The average molecular weight is 516 g/mol. The van der Waals surface area contributed by atoms with Gasteiger partial charge in [0.05, 0.1) is 19.5 Å². The van der Waals surface area contributed by atoms with Crippen LogP contribution in [0.3, 0.4) is 0 Å². The van der Waals surface area contributed by atoms with Crippen LogP contribution in [-0.4, -0.2) is 51.2 Å². The number of rotatable bonds is 11. The lowest BCUT2D eigenvalue weighted by Gasteiger charge is -2.17. The minimum absolute atomic E-state index is 0.0726. The SMILES string of the molecule is C=CCn1c(SCC(=O)Nc2cc(Cl)ccc2C)nnc1C(CO)NC(=O)c1ccc(OC)cc1. The highest BCUT2D eigenvalue weighted by atomic mass is 35.5. The first-order valence-electron chi connectivity index (χ1n) is 10.6. The Morgan fingerprint density at radius 2 is 2.00 bits per heavy atom. The molecule has 0 saturated heterocycles. The topological polar surface area (TPSA) is 118 Å². The molecule has 0 aliphatic rings. The molecule has 0 fully saturated rings. The molecular weight excluding hydrogens is 490 g/mol. The number of aromatic nitrogens is 3. The molecule has 35 heavy (non-hydrogen) atoms. The van der Waals surface area contributed by atoms with Crippen molar-refractivity contribution >= 4 is 40.9 Å². The lowest BCUT2D eigenvalue weighted by molar-refractivity contribution is -0.113. The molecule has 0 spiro atoms. The second-order valence-corrected chi connectivity index (χ2v) is 8.85. The molecule has 3 rings (SSSR count). The summed E-state index contributed by atoms with van der Waals surface area (Å²) in [6.07, 6.45) is 1.64. The van der Waals surface area contributed by atoms with E-state index in [1.165, 1.54) is 11.8 Å². The predicted molar refractivity (Wildman–Crippen MR) is 136 cm³/mol. The van der Waals surface area contributed by atoms with E-state index in [4.69, 9.17) is 16.3 Å². The Bertz CT molecular complexity index is 1200. The number of benzene rings is 2. The number of nitrogens with one attached hydrogen (secondary N) is 2. The van der Waals surface area contributed by atoms with Crippen molar-refractivity contribution in [3.8, 4) is 5.75 Å². The molecule has 1 heterocycles. The van der Waals surface area contributed by atoms with E-state index in [9.17, 15) is 14.7 Å². The number of carbonyl (C=O) groups excluding carboxylic acids is 2. The number of hydrogen-bond acceptors (Lipinski definition) is 7. The molecule has 184 valence electrons. The largest absolute Gasteiger partial charge is 0.497 e. The highest BCUT2D eigenvalue weighted by Gasteiger charge is 2.23. The number of allylic oxidation sites excluding steroid dienone is 1. The Balaban J connectivity index is 1.71. The van der Waals surface area contributed by atoms with Crippen molar-refractivity contribution in [1.82, 2.24) is 20.1 Å². The maximum absolute atomic E-state index is 12.7. The van der Waals surface area contributed by atoms with E-state index in [2.05, 4.69) is 27.4 Å². The van der Waals surface area contributed by atoms with E-state index < -0.39 is 12.6 Å². The maximum atomic E-state index is 12.7. The predicted octanol–water partition coefficient (Wildman–Crippen LogP) is 3.63. The lowest BCUT2D eigenvalue weighted by atomic mass is 10.2. The summed E-state index contributed by atoms with van der Waals surface area (Å²) in [6, 6.07) is 11.1. The monoisotopic (exact) mass is 515 g/mol. The van der Waals surface area contributed by atoms with Crippen LogP contribution in [0.5, 0.6) is 5.75 Å². The third kappa shape index (κ3) is 6.84. The van der Waals surface area contributed by atoms with Gasteiger partial charge in [-0.05, 0) is 48.9 Å². The van der Waals surface area contributed by atoms with Gasteiger partial charge in [0.25, 0.3) is 5.91 Å². The van der Waals surface area contributed by atoms with Crippen LogP contribution in [0.2, 0.25) is 5.02 Å². The molecule has 2 amide bonds. The molecular formula is C24H26ClN5O4S. The fourth-order valence-corrected chi connectivity index (χ4v) is 4.11. The van der Waals surface area contributed by atoms with E-state index in [1.54, 1.807) is 54.2 Å². The first kappa shape index (κ1) is 26.3. The normalized spacial score (nSPS) is 11.5. The third-order valence-electron chi connectivity index (χ3n) is 5.01. The van der Waals surface area contributed by atoms with Crippen LogP contribution in [0, 0.1) is 6.92 Å². The zero-order chi connectivity index (χ0) is 25.4. The molecule has 11 heteroatoms. The Labute approximate surface area is 212 Å². The Morgan fingerprint density at radius 1 is 1.26 bits per heavy atom. The molecule has 9 nitrogen and oxygen atoms in total. The molecule has 1 aromatic heterocycles. The minimum Gasteiger partial charge on any atom is -0.497 e. The van der Waals surface area contributed by atoms with Crippen LogP contribution < -0.4 is 15.4 Å². The summed E-state index contributed by atoms with van der Waals surface area (Å²) in [5, 5.41) is 24.9. The number of hydrogen-bond donors (Lipinski definition) is 3. The van der Waals surface area contributed by atoms with Crippen molar-refractivity contribution in [1.29, 1.82) is 0 Å². The summed E-state index contributed by atoms with van der Waals surface area (Å²) >= 11 is 7.20. The molecule has 0 saturated carbocycles. The van der Waals surface area contributed by atoms with E-state index in [0.717, 1.165) is 5.56 Å². The van der Waals surface area contributed by atoms with Crippen LogP contribution in [0.15, 0.2) is 60.3 Å². The molecule has 0 bridgehead atoms. The third-order valence-corrected chi connectivity index (χ3v) is 6.22. The standard InChI is InChI=1S/C24H26ClN5O4S/c1-4-11-30-22(20(13-31)27-23(33)16-6-9-18(34-3)10-7-16)28-29-24(30)35-14-21(32)26-19-12-17(25)8-5-15(19)2/h4-10,12,20,31H,1,11,13-14H2,2-3H3,(H,26,32)(H,27,33). The van der Waals surface area contributed by atoms with Gasteiger partial charge in [0.15, 0.2) is 11.0 Å². The van der Waals surface area contributed by atoms with Crippen LogP contribution in [0.25, 0.3) is 0 Å². The summed E-state index contributed by atoms with van der Waals surface area (Å²) in [7, 11) is 1.54. The molecule has 1 atom stereocenters. The molecule has 0 aliphatic carbocycles. The average Bonchev–Trinajstić information content (AvgIpc) is 3.26. The molecule has 0 aliphatic heterocycles. The van der Waals surface area contributed by atoms with Crippen molar-refractivity contribution in [2.24, 2.45) is 0 Å². The van der Waals surface area contributed by atoms with Gasteiger partial charge >= 0.3 is 0 Å². The van der Waals surface area contributed by atoms with Crippen LogP contribution >= 0.6 is 23.4 Å². The van der Waals surface area contributed by atoms with E-state index in [1.807, 2.05) is 13.0 Å². The number of aliphatic hydroxyl groups is 1. The number of aliphatic hydroxyl groups excluding tert-OH is 1. The van der Waals surface area contributed by atoms with Gasteiger partial charge in [-0.15, -0.1) is 16.8 Å². The Morgan fingerprint density at radius 3 is 2.66 bits per heavy atom. The Kier molecular flexibility index (Phi) is 9.30.